The molecule has 6 nitrogen and oxygen atoms in total. The topological polar surface area (TPSA) is 69.7 Å². The van der Waals surface area contributed by atoms with E-state index in [-0.39, 0.29) is 24.9 Å². The van der Waals surface area contributed by atoms with E-state index in [1.165, 1.54) is 0 Å². The Hall–Kier alpha value is -1.59. The molecule has 0 aliphatic carbocycles. The van der Waals surface area contributed by atoms with Gasteiger partial charge in [0.25, 0.3) is 5.91 Å². The fourth-order valence-electron chi connectivity index (χ4n) is 1.43. The second-order valence-corrected chi connectivity index (χ2v) is 3.20. The third-order valence-electron chi connectivity index (χ3n) is 2.35. The summed E-state index contributed by atoms with van der Waals surface area (Å²) in [6, 6.07) is -0.486. The number of hydrogen-bond acceptors (Lipinski definition) is 3. The molecule has 0 unspecified atom stereocenters. The van der Waals surface area contributed by atoms with Crippen LogP contribution in [-0.4, -0.2) is 53.8 Å². The highest BCUT2D eigenvalue weighted by Crippen LogP contribution is 2.00. The SMILES string of the molecule is CCN(CC)C(=O)CN1C(=O)CNC1=O. The lowest BCUT2D eigenvalue weighted by atomic mass is 10.4. The van der Waals surface area contributed by atoms with E-state index in [4.69, 9.17) is 0 Å². The number of rotatable bonds is 4. The number of hydrogen-bond donors (Lipinski definition) is 1. The number of carbonyl (C=O) groups is 3. The first kappa shape index (κ1) is 11.5. The Labute approximate surface area is 88.2 Å². The lowest BCUT2D eigenvalue weighted by Crippen LogP contribution is -2.42. The van der Waals surface area contributed by atoms with Crippen LogP contribution < -0.4 is 5.32 Å². The predicted octanol–water partition coefficient (Wildman–Crippen LogP) is -0.593. The molecular formula is C9H15N3O3. The van der Waals surface area contributed by atoms with E-state index in [0.717, 1.165) is 4.90 Å². The molecule has 0 spiro atoms. The molecule has 0 atom stereocenters. The van der Waals surface area contributed by atoms with Crippen molar-refractivity contribution in [3.63, 3.8) is 0 Å². The highest BCUT2D eigenvalue weighted by atomic mass is 16.2. The Morgan fingerprint density at radius 1 is 1.40 bits per heavy atom. The maximum atomic E-state index is 11.6. The van der Waals surface area contributed by atoms with E-state index in [2.05, 4.69) is 5.32 Å². The van der Waals surface area contributed by atoms with E-state index >= 15 is 0 Å². The van der Waals surface area contributed by atoms with Gasteiger partial charge in [0, 0.05) is 13.1 Å². The fourth-order valence-corrected chi connectivity index (χ4v) is 1.43. The average molecular weight is 213 g/mol. The maximum absolute atomic E-state index is 11.6. The Kier molecular flexibility index (Phi) is 3.65. The molecule has 1 aliphatic heterocycles. The monoisotopic (exact) mass is 213 g/mol. The lowest BCUT2D eigenvalue weighted by Gasteiger charge is -2.21. The third-order valence-corrected chi connectivity index (χ3v) is 2.35. The summed E-state index contributed by atoms with van der Waals surface area (Å²) in [5.41, 5.74) is 0. The van der Waals surface area contributed by atoms with Crippen LogP contribution in [0.3, 0.4) is 0 Å². The van der Waals surface area contributed by atoms with Gasteiger partial charge in [-0.2, -0.15) is 0 Å². The quantitative estimate of drug-likeness (QED) is 0.634. The zero-order valence-corrected chi connectivity index (χ0v) is 8.95. The molecule has 15 heavy (non-hydrogen) atoms. The summed E-state index contributed by atoms with van der Waals surface area (Å²) >= 11 is 0. The van der Waals surface area contributed by atoms with Crippen molar-refractivity contribution in [2.45, 2.75) is 13.8 Å². The fraction of sp³-hybridized carbons (Fsp3) is 0.667. The van der Waals surface area contributed by atoms with Gasteiger partial charge < -0.3 is 10.2 Å². The van der Waals surface area contributed by atoms with Crippen LogP contribution in [0.1, 0.15) is 13.8 Å². The van der Waals surface area contributed by atoms with Crippen LogP contribution in [0.15, 0.2) is 0 Å². The number of likely N-dealkylation sites (N-methyl/N-ethyl adjacent to an activating group) is 1. The van der Waals surface area contributed by atoms with Gasteiger partial charge in [0.1, 0.15) is 6.54 Å². The highest BCUT2D eigenvalue weighted by molar-refractivity contribution is 6.04. The highest BCUT2D eigenvalue weighted by Gasteiger charge is 2.30. The second-order valence-electron chi connectivity index (χ2n) is 3.20. The van der Waals surface area contributed by atoms with Gasteiger partial charge in [0.15, 0.2) is 0 Å². The summed E-state index contributed by atoms with van der Waals surface area (Å²) in [6.45, 7) is 4.70. The van der Waals surface area contributed by atoms with Gasteiger partial charge in [-0.15, -0.1) is 0 Å². The van der Waals surface area contributed by atoms with Gasteiger partial charge in [-0.3, -0.25) is 14.5 Å². The van der Waals surface area contributed by atoms with E-state index in [9.17, 15) is 14.4 Å². The van der Waals surface area contributed by atoms with Crippen molar-refractivity contribution in [1.29, 1.82) is 0 Å². The summed E-state index contributed by atoms with van der Waals surface area (Å²) in [6.07, 6.45) is 0. The van der Waals surface area contributed by atoms with Gasteiger partial charge >= 0.3 is 6.03 Å². The summed E-state index contributed by atoms with van der Waals surface area (Å²) < 4.78 is 0. The van der Waals surface area contributed by atoms with Crippen molar-refractivity contribution in [1.82, 2.24) is 15.1 Å². The lowest BCUT2D eigenvalue weighted by molar-refractivity contribution is -0.136. The number of amides is 4. The minimum Gasteiger partial charge on any atom is -0.342 e. The molecule has 1 heterocycles. The van der Waals surface area contributed by atoms with E-state index in [1.54, 1.807) is 4.90 Å². The molecular weight excluding hydrogens is 198 g/mol. The Morgan fingerprint density at radius 2 is 2.00 bits per heavy atom. The van der Waals surface area contributed by atoms with Crippen LogP contribution in [0.5, 0.6) is 0 Å². The van der Waals surface area contributed by atoms with E-state index in [0.29, 0.717) is 13.1 Å². The molecule has 4 amide bonds. The minimum atomic E-state index is -0.486. The van der Waals surface area contributed by atoms with E-state index in [1.807, 2.05) is 13.8 Å². The molecule has 1 aliphatic rings. The summed E-state index contributed by atoms with van der Waals surface area (Å²) in [5.74, 6) is -0.550. The zero-order valence-electron chi connectivity index (χ0n) is 8.95. The number of nitrogens with zero attached hydrogens (tertiary/aromatic N) is 2. The van der Waals surface area contributed by atoms with Crippen LogP contribution in [0, 0.1) is 0 Å². The molecule has 1 fully saturated rings. The van der Waals surface area contributed by atoms with Crippen molar-refractivity contribution in [3.8, 4) is 0 Å². The van der Waals surface area contributed by atoms with Gasteiger partial charge in [0.05, 0.1) is 6.54 Å². The van der Waals surface area contributed by atoms with Crippen LogP contribution in [0.25, 0.3) is 0 Å². The first-order valence-electron chi connectivity index (χ1n) is 4.96. The number of nitrogens with one attached hydrogen (secondary N) is 1. The number of urea groups is 1. The molecule has 0 aromatic carbocycles. The molecule has 1 rings (SSSR count). The van der Waals surface area contributed by atoms with Gasteiger partial charge in [-0.1, -0.05) is 0 Å². The van der Waals surface area contributed by atoms with Gasteiger partial charge in [-0.05, 0) is 13.8 Å². The van der Waals surface area contributed by atoms with Crippen LogP contribution in [-0.2, 0) is 9.59 Å². The Morgan fingerprint density at radius 3 is 2.40 bits per heavy atom. The van der Waals surface area contributed by atoms with Crippen LogP contribution in [0.4, 0.5) is 4.79 Å². The normalized spacial score (nSPS) is 15.5. The third kappa shape index (κ3) is 2.45. The Balaban J connectivity index is 2.57. The molecule has 84 valence electrons. The van der Waals surface area contributed by atoms with Gasteiger partial charge in [0.2, 0.25) is 5.91 Å². The zero-order chi connectivity index (χ0) is 11.4. The molecule has 1 saturated heterocycles. The molecule has 0 bridgehead atoms. The van der Waals surface area contributed by atoms with Crippen molar-refractivity contribution < 1.29 is 14.4 Å². The number of imide groups is 1. The van der Waals surface area contributed by atoms with Gasteiger partial charge in [-0.25, -0.2) is 4.79 Å². The van der Waals surface area contributed by atoms with Crippen molar-refractivity contribution in [3.05, 3.63) is 0 Å². The summed E-state index contributed by atoms with van der Waals surface area (Å²) in [5, 5.41) is 2.37. The molecule has 0 saturated carbocycles. The van der Waals surface area contributed by atoms with Crippen LogP contribution >= 0.6 is 0 Å². The molecule has 0 radical (unpaired) electrons. The summed E-state index contributed by atoms with van der Waals surface area (Å²) in [7, 11) is 0. The second kappa shape index (κ2) is 4.77. The first-order chi connectivity index (χ1) is 7.10. The van der Waals surface area contributed by atoms with Crippen LogP contribution in [0.2, 0.25) is 0 Å². The van der Waals surface area contributed by atoms with Crippen molar-refractivity contribution >= 4 is 17.8 Å². The predicted molar refractivity (Wildman–Crippen MR) is 53.0 cm³/mol. The standard InChI is InChI=1S/C9H15N3O3/c1-3-11(4-2)8(14)6-12-7(13)5-10-9(12)15/h3-6H2,1-2H3,(H,10,15). The smallest absolute Gasteiger partial charge is 0.325 e. The minimum absolute atomic E-state index is 0.00956. The molecule has 0 aromatic heterocycles. The first-order valence-corrected chi connectivity index (χ1v) is 4.96. The molecule has 0 aromatic rings. The van der Waals surface area contributed by atoms with Crippen molar-refractivity contribution in [2.75, 3.05) is 26.2 Å². The largest absolute Gasteiger partial charge is 0.342 e. The Bertz CT molecular complexity index is 270. The molecule has 6 heteroatoms. The summed E-state index contributed by atoms with van der Waals surface area (Å²) in [4.78, 5) is 36.5. The average Bonchev–Trinajstić information content (AvgIpc) is 2.51. The molecule has 1 N–H and O–H groups in total. The number of carbonyl (C=O) groups excluding carboxylic acids is 3. The van der Waals surface area contributed by atoms with Crippen molar-refractivity contribution in [2.24, 2.45) is 0 Å². The maximum Gasteiger partial charge on any atom is 0.325 e. The van der Waals surface area contributed by atoms with E-state index < -0.39 is 6.03 Å².